The normalized spacial score (nSPS) is 12.1. The zero-order chi connectivity index (χ0) is 16.4. The van der Waals surface area contributed by atoms with Gasteiger partial charge in [0.15, 0.2) is 0 Å². The Morgan fingerprint density at radius 3 is 2.22 bits per heavy atom. The molecule has 0 fully saturated rings. The van der Waals surface area contributed by atoms with Crippen LogP contribution in [0.5, 0.6) is 0 Å². The third-order valence-electron chi connectivity index (χ3n) is 3.66. The Labute approximate surface area is 144 Å². The Balaban J connectivity index is 2.08. The lowest BCUT2D eigenvalue weighted by molar-refractivity contribution is -0.118. The lowest BCUT2D eigenvalue weighted by Crippen LogP contribution is -2.28. The quantitative estimate of drug-likeness (QED) is 0.715. The molecule has 0 aliphatic carbocycles. The predicted octanol–water partition coefficient (Wildman–Crippen LogP) is 4.79. The molecule has 0 aromatic heterocycles. The molecule has 1 amide bonds. The third kappa shape index (κ3) is 3.11. The summed E-state index contributed by atoms with van der Waals surface area (Å²) in [7, 11) is 0. The van der Waals surface area contributed by atoms with Crippen LogP contribution >= 0.6 is 23.2 Å². The smallest absolute Gasteiger partial charge is 0.244 e. The van der Waals surface area contributed by atoms with Gasteiger partial charge in [0.25, 0.3) is 0 Å². The topological polar surface area (TPSA) is 55.1 Å². The van der Waals surface area contributed by atoms with Crippen molar-refractivity contribution in [2.24, 2.45) is 5.73 Å². The monoisotopic (exact) mass is 344 g/mol. The number of primary amides is 1. The van der Waals surface area contributed by atoms with Crippen molar-refractivity contribution in [1.29, 1.82) is 0 Å². The maximum absolute atomic E-state index is 12.0. The number of nitrogens with two attached hydrogens (primary N) is 1. The van der Waals surface area contributed by atoms with E-state index in [-0.39, 0.29) is 0 Å². The number of amides is 1. The van der Waals surface area contributed by atoms with Gasteiger partial charge in [-0.15, -0.1) is 0 Å². The predicted molar refractivity (Wildman–Crippen MR) is 96.0 cm³/mol. The molecule has 116 valence electrons. The highest BCUT2D eigenvalue weighted by atomic mass is 35.5. The molecule has 1 unspecified atom stereocenters. The number of carbonyl (C=O) groups excluding carboxylic acids is 1. The van der Waals surface area contributed by atoms with Crippen LogP contribution in [0.25, 0.3) is 10.8 Å². The molecule has 0 saturated heterocycles. The Bertz CT molecular complexity index is 854. The first-order valence-corrected chi connectivity index (χ1v) is 7.81. The average Bonchev–Trinajstić information content (AvgIpc) is 2.53. The van der Waals surface area contributed by atoms with Crippen molar-refractivity contribution in [3.05, 3.63) is 76.3 Å². The minimum atomic E-state index is -0.818. The summed E-state index contributed by atoms with van der Waals surface area (Å²) in [4.78, 5) is 12.0. The Morgan fingerprint density at radius 2 is 1.52 bits per heavy atom. The Hall–Kier alpha value is -2.23. The molecule has 0 radical (unpaired) electrons. The van der Waals surface area contributed by atoms with Crippen molar-refractivity contribution in [3.63, 3.8) is 0 Å². The highest BCUT2D eigenvalue weighted by Gasteiger charge is 2.23. The minimum absolute atomic E-state index is 0.397. The molecule has 1 atom stereocenters. The van der Waals surface area contributed by atoms with E-state index in [1.807, 2.05) is 42.5 Å². The number of hydrogen-bond donors (Lipinski definition) is 2. The van der Waals surface area contributed by atoms with Gasteiger partial charge in [0.05, 0.1) is 0 Å². The van der Waals surface area contributed by atoms with Crippen LogP contribution in [-0.4, -0.2) is 5.91 Å². The third-order valence-corrected chi connectivity index (χ3v) is 4.32. The van der Waals surface area contributed by atoms with Gasteiger partial charge in [0.2, 0.25) is 5.91 Å². The number of rotatable bonds is 4. The highest BCUT2D eigenvalue weighted by Crippen LogP contribution is 2.34. The summed E-state index contributed by atoms with van der Waals surface area (Å²) in [5.41, 5.74) is 6.86. The second kappa shape index (κ2) is 6.49. The second-order valence-corrected chi connectivity index (χ2v) is 5.96. The van der Waals surface area contributed by atoms with Gasteiger partial charge in [-0.05, 0) is 23.6 Å². The number of hydrogen-bond acceptors (Lipinski definition) is 2. The summed E-state index contributed by atoms with van der Waals surface area (Å²) >= 11 is 12.4. The van der Waals surface area contributed by atoms with Crippen LogP contribution in [0.2, 0.25) is 10.0 Å². The van der Waals surface area contributed by atoms with E-state index in [0.717, 1.165) is 16.5 Å². The van der Waals surface area contributed by atoms with Crippen LogP contribution < -0.4 is 11.1 Å². The van der Waals surface area contributed by atoms with Crippen molar-refractivity contribution in [2.75, 3.05) is 5.32 Å². The summed E-state index contributed by atoms with van der Waals surface area (Å²) in [5, 5.41) is 6.02. The maximum Gasteiger partial charge on any atom is 0.244 e. The molecule has 0 bridgehead atoms. The van der Waals surface area contributed by atoms with Crippen molar-refractivity contribution < 1.29 is 4.79 Å². The molecule has 0 aliphatic heterocycles. The summed E-state index contributed by atoms with van der Waals surface area (Å²) in [6.07, 6.45) is 0. The van der Waals surface area contributed by atoms with E-state index in [2.05, 4.69) is 5.32 Å². The van der Waals surface area contributed by atoms with Gasteiger partial charge >= 0.3 is 0 Å². The molecule has 0 saturated carbocycles. The maximum atomic E-state index is 12.0. The first kappa shape index (κ1) is 15.7. The first-order chi connectivity index (χ1) is 11.1. The molecule has 0 heterocycles. The van der Waals surface area contributed by atoms with Gasteiger partial charge in [0.1, 0.15) is 6.04 Å². The fraction of sp³-hybridized carbons (Fsp3) is 0.0556. The molecule has 3 aromatic rings. The van der Waals surface area contributed by atoms with Crippen LogP contribution in [0.1, 0.15) is 11.6 Å². The summed E-state index contributed by atoms with van der Waals surface area (Å²) in [6, 6.07) is 18.0. The standard InChI is InChI=1S/C18H14Cl2N2O/c19-13-8-4-9-14(20)16(13)17(18(21)23)22-15-10-3-6-11-5-1-2-7-12(11)15/h1-10,17,22H,(H2,21,23). The van der Waals surface area contributed by atoms with E-state index in [9.17, 15) is 4.79 Å². The van der Waals surface area contributed by atoms with E-state index in [1.54, 1.807) is 18.2 Å². The van der Waals surface area contributed by atoms with Crippen molar-refractivity contribution in [2.45, 2.75) is 6.04 Å². The highest BCUT2D eigenvalue weighted by molar-refractivity contribution is 6.36. The molecular weight excluding hydrogens is 331 g/mol. The minimum Gasteiger partial charge on any atom is -0.369 e. The van der Waals surface area contributed by atoms with Crippen LogP contribution in [-0.2, 0) is 4.79 Å². The van der Waals surface area contributed by atoms with E-state index in [4.69, 9.17) is 28.9 Å². The van der Waals surface area contributed by atoms with Gasteiger partial charge in [-0.3, -0.25) is 4.79 Å². The SMILES string of the molecule is NC(=O)C(Nc1cccc2ccccc12)c1c(Cl)cccc1Cl. The van der Waals surface area contributed by atoms with Crippen molar-refractivity contribution >= 4 is 45.6 Å². The van der Waals surface area contributed by atoms with E-state index in [0.29, 0.717) is 15.6 Å². The number of carbonyl (C=O) groups is 1. The van der Waals surface area contributed by atoms with Gasteiger partial charge in [-0.2, -0.15) is 0 Å². The second-order valence-electron chi connectivity index (χ2n) is 5.14. The van der Waals surface area contributed by atoms with E-state index in [1.165, 1.54) is 0 Å². The summed E-state index contributed by atoms with van der Waals surface area (Å²) in [6.45, 7) is 0. The molecule has 3 rings (SSSR count). The Morgan fingerprint density at radius 1 is 0.913 bits per heavy atom. The van der Waals surface area contributed by atoms with Crippen molar-refractivity contribution in [3.8, 4) is 0 Å². The summed E-state index contributed by atoms with van der Waals surface area (Å²) < 4.78 is 0. The number of halogens is 2. The summed E-state index contributed by atoms with van der Waals surface area (Å²) in [5.74, 6) is -0.548. The fourth-order valence-corrected chi connectivity index (χ4v) is 3.19. The Kier molecular flexibility index (Phi) is 4.42. The van der Waals surface area contributed by atoms with Crippen LogP contribution in [0.3, 0.4) is 0 Å². The van der Waals surface area contributed by atoms with E-state index >= 15 is 0 Å². The molecule has 5 heteroatoms. The van der Waals surface area contributed by atoms with Gasteiger partial charge < -0.3 is 11.1 Å². The zero-order valence-electron chi connectivity index (χ0n) is 12.1. The molecule has 3 N–H and O–H groups in total. The first-order valence-electron chi connectivity index (χ1n) is 7.05. The zero-order valence-corrected chi connectivity index (χ0v) is 13.6. The van der Waals surface area contributed by atoms with Gasteiger partial charge in [-0.1, -0.05) is 65.7 Å². The number of benzene rings is 3. The largest absolute Gasteiger partial charge is 0.369 e. The lowest BCUT2D eigenvalue weighted by Gasteiger charge is -2.20. The van der Waals surface area contributed by atoms with Crippen LogP contribution in [0.15, 0.2) is 60.7 Å². The molecule has 23 heavy (non-hydrogen) atoms. The number of fused-ring (bicyclic) bond motifs is 1. The van der Waals surface area contributed by atoms with Gasteiger partial charge in [0, 0.05) is 26.7 Å². The molecule has 0 aliphatic rings. The van der Waals surface area contributed by atoms with Gasteiger partial charge in [-0.25, -0.2) is 0 Å². The molecule has 3 nitrogen and oxygen atoms in total. The molecule has 3 aromatic carbocycles. The van der Waals surface area contributed by atoms with Crippen molar-refractivity contribution in [1.82, 2.24) is 0 Å². The number of nitrogens with one attached hydrogen (secondary N) is 1. The lowest BCUT2D eigenvalue weighted by atomic mass is 10.0. The van der Waals surface area contributed by atoms with Crippen LogP contribution in [0.4, 0.5) is 5.69 Å². The van der Waals surface area contributed by atoms with Crippen LogP contribution in [0, 0.1) is 0 Å². The molecular formula is C18H14Cl2N2O. The number of anilines is 1. The van der Waals surface area contributed by atoms with E-state index < -0.39 is 11.9 Å². The average molecular weight is 345 g/mol. The molecule has 0 spiro atoms. The fourth-order valence-electron chi connectivity index (χ4n) is 2.58.